The average Bonchev–Trinajstić information content (AvgIpc) is 3.53. The summed E-state index contributed by atoms with van der Waals surface area (Å²) in [6.45, 7) is -0.0144. The van der Waals surface area contributed by atoms with Crippen LogP contribution in [0.1, 0.15) is 35.1 Å². The van der Waals surface area contributed by atoms with Gasteiger partial charge in [-0.3, -0.25) is 19.2 Å². The van der Waals surface area contributed by atoms with Crippen LogP contribution in [-0.2, 0) is 51.2 Å². The van der Waals surface area contributed by atoms with E-state index in [0.717, 1.165) is 33.4 Å². The number of hydrogen-bond acceptors (Lipinski definition) is 9. The van der Waals surface area contributed by atoms with Crippen molar-refractivity contribution < 1.29 is 43.0 Å². The molecule has 0 radical (unpaired) electrons. The smallest absolute Gasteiger partial charge is 0.407 e. The van der Waals surface area contributed by atoms with E-state index in [9.17, 15) is 28.8 Å². The van der Waals surface area contributed by atoms with Gasteiger partial charge in [0.25, 0.3) is 0 Å². The van der Waals surface area contributed by atoms with E-state index >= 15 is 0 Å². The number of nitrogens with one attached hydrogen (secondary N) is 5. The van der Waals surface area contributed by atoms with Crippen LogP contribution < -0.4 is 26.6 Å². The van der Waals surface area contributed by atoms with Crippen LogP contribution in [0.25, 0.3) is 11.1 Å². The first-order valence-electron chi connectivity index (χ1n) is 17.7. The van der Waals surface area contributed by atoms with Crippen molar-refractivity contribution in [2.45, 2.75) is 38.0 Å². The fourth-order valence-corrected chi connectivity index (χ4v) is 5.86. The molecule has 4 aromatic carbocycles. The van der Waals surface area contributed by atoms with Crippen molar-refractivity contribution in [2.24, 2.45) is 0 Å². The summed E-state index contributed by atoms with van der Waals surface area (Å²) in [4.78, 5) is 75.5. The highest BCUT2D eigenvalue weighted by atomic mass is 16.6. The lowest BCUT2D eigenvalue weighted by molar-refractivity contribution is -0.158. The first-order chi connectivity index (χ1) is 26.7. The molecule has 0 heterocycles. The van der Waals surface area contributed by atoms with Gasteiger partial charge in [0.05, 0.1) is 13.1 Å². The second-order valence-corrected chi connectivity index (χ2v) is 12.6. The van der Waals surface area contributed by atoms with E-state index in [-0.39, 0.29) is 32.3 Å². The molecule has 5 rings (SSSR count). The number of amides is 5. The first kappa shape index (κ1) is 39.7. The van der Waals surface area contributed by atoms with Crippen LogP contribution in [0.4, 0.5) is 4.79 Å². The lowest BCUT2D eigenvalue weighted by Gasteiger charge is -2.19. The molecule has 0 unspecified atom stereocenters. The lowest BCUT2D eigenvalue weighted by atomic mass is 9.98. The molecule has 5 amide bonds. The van der Waals surface area contributed by atoms with Gasteiger partial charge in [0.1, 0.15) is 32.5 Å². The third kappa shape index (κ3) is 12.0. The number of rotatable bonds is 18. The van der Waals surface area contributed by atoms with Crippen LogP contribution in [0.3, 0.4) is 0 Å². The maximum atomic E-state index is 13.1. The van der Waals surface area contributed by atoms with Crippen LogP contribution >= 0.6 is 0 Å². The van der Waals surface area contributed by atoms with Gasteiger partial charge < -0.3 is 40.8 Å². The van der Waals surface area contributed by atoms with Crippen molar-refractivity contribution >= 4 is 35.7 Å². The van der Waals surface area contributed by atoms with Crippen molar-refractivity contribution in [3.8, 4) is 11.1 Å². The van der Waals surface area contributed by atoms with Crippen molar-refractivity contribution in [2.75, 3.05) is 33.0 Å². The Hall–Kier alpha value is -6.54. The quantitative estimate of drug-likeness (QED) is 0.0753. The molecule has 1 aliphatic rings. The topological polar surface area (TPSA) is 190 Å². The molecule has 286 valence electrons. The Morgan fingerprint density at radius 2 is 1.15 bits per heavy atom. The Morgan fingerprint density at radius 1 is 0.600 bits per heavy atom. The number of ether oxygens (including phenoxy) is 3. The molecule has 0 spiro atoms. The fourth-order valence-electron chi connectivity index (χ4n) is 5.86. The van der Waals surface area contributed by atoms with E-state index in [2.05, 4.69) is 26.6 Å². The maximum absolute atomic E-state index is 13.1. The van der Waals surface area contributed by atoms with E-state index in [1.54, 1.807) is 30.3 Å². The van der Waals surface area contributed by atoms with Crippen molar-refractivity contribution in [1.82, 2.24) is 26.6 Å². The summed E-state index contributed by atoms with van der Waals surface area (Å²) in [6, 6.07) is 32.8. The number of benzene rings is 4. The average molecular weight is 750 g/mol. The molecule has 4 aromatic rings. The van der Waals surface area contributed by atoms with Gasteiger partial charge in [-0.2, -0.15) is 0 Å². The molecule has 0 saturated carbocycles. The monoisotopic (exact) mass is 749 g/mol. The number of alkyl carbamates (subject to hydrolysis) is 1. The number of carbonyl (C=O) groups is 6. The molecule has 55 heavy (non-hydrogen) atoms. The highest BCUT2D eigenvalue weighted by molar-refractivity contribution is 5.92. The van der Waals surface area contributed by atoms with E-state index in [4.69, 9.17) is 14.2 Å². The summed E-state index contributed by atoms with van der Waals surface area (Å²) in [7, 11) is 0. The van der Waals surface area contributed by atoms with Gasteiger partial charge in [-0.05, 0) is 40.3 Å². The lowest BCUT2D eigenvalue weighted by Crippen LogP contribution is -2.52. The molecule has 14 heteroatoms. The molecule has 0 saturated heterocycles. The van der Waals surface area contributed by atoms with Crippen LogP contribution in [0.15, 0.2) is 109 Å². The van der Waals surface area contributed by atoms with E-state index in [1.165, 1.54) is 6.92 Å². The minimum Gasteiger partial charge on any atom is -0.459 e. The predicted molar refractivity (Wildman–Crippen MR) is 201 cm³/mol. The van der Waals surface area contributed by atoms with E-state index in [1.807, 2.05) is 78.9 Å². The zero-order valence-corrected chi connectivity index (χ0v) is 30.2. The minimum absolute atomic E-state index is 0.0788. The highest BCUT2D eigenvalue weighted by Crippen LogP contribution is 2.44. The molecular formula is C41H43N5O9. The van der Waals surface area contributed by atoms with Crippen molar-refractivity contribution in [3.05, 3.63) is 131 Å². The number of hydrogen-bond donors (Lipinski definition) is 5. The van der Waals surface area contributed by atoms with Gasteiger partial charge >= 0.3 is 12.1 Å². The molecule has 0 fully saturated rings. The minimum atomic E-state index is -1.09. The summed E-state index contributed by atoms with van der Waals surface area (Å²) in [5, 5.41) is 12.3. The van der Waals surface area contributed by atoms with Crippen LogP contribution in [0.5, 0.6) is 0 Å². The predicted octanol–water partition coefficient (Wildman–Crippen LogP) is 2.71. The van der Waals surface area contributed by atoms with Crippen LogP contribution in [-0.4, -0.2) is 80.8 Å². The second kappa shape index (κ2) is 20.1. The molecule has 2 atom stereocenters. The Balaban J connectivity index is 1.01. The maximum Gasteiger partial charge on any atom is 0.407 e. The van der Waals surface area contributed by atoms with E-state index in [0.29, 0.717) is 0 Å². The number of fused-ring (bicyclic) bond motifs is 3. The molecule has 14 nitrogen and oxygen atoms in total. The van der Waals surface area contributed by atoms with Gasteiger partial charge in [-0.15, -0.1) is 0 Å². The molecule has 0 bridgehead atoms. The Kier molecular flexibility index (Phi) is 14.5. The Labute approximate surface area is 318 Å². The van der Waals surface area contributed by atoms with Gasteiger partial charge in [0.2, 0.25) is 23.6 Å². The molecule has 1 aliphatic carbocycles. The van der Waals surface area contributed by atoms with Crippen LogP contribution in [0, 0.1) is 0 Å². The third-order valence-corrected chi connectivity index (χ3v) is 8.70. The third-order valence-electron chi connectivity index (χ3n) is 8.70. The summed E-state index contributed by atoms with van der Waals surface area (Å²) >= 11 is 0. The molecule has 0 aliphatic heterocycles. The second-order valence-electron chi connectivity index (χ2n) is 12.6. The molecular weight excluding hydrogens is 706 g/mol. The van der Waals surface area contributed by atoms with Crippen LogP contribution in [0.2, 0.25) is 0 Å². The van der Waals surface area contributed by atoms with Gasteiger partial charge in [-0.25, -0.2) is 9.59 Å². The number of esters is 1. The van der Waals surface area contributed by atoms with Gasteiger partial charge in [-0.1, -0.05) is 109 Å². The normalized spacial score (nSPS) is 12.5. The number of carbonyl (C=O) groups excluding carboxylic acids is 6. The zero-order valence-electron chi connectivity index (χ0n) is 30.2. The molecule has 0 aromatic heterocycles. The summed E-state index contributed by atoms with van der Waals surface area (Å²) in [6.07, 6.45) is -1.64. The largest absolute Gasteiger partial charge is 0.459 e. The standard InChI is InChI=1S/C41H43N5O9/c1-27(40(51)53-24-29-14-6-3-7-15-29)55-26-45-37(48)21-43-39(50)35(20-28-12-4-2-5-13-28)46-38(49)23-42-36(47)22-44-41(52)54-25-34-32-18-10-8-16-30(32)31-17-9-11-19-33(31)34/h2-19,27,34-35H,20-26H2,1H3,(H,42,47)(H,43,50)(H,44,52)(H,45,48)(H,46,49)/t27-,35-/m0/s1. The van der Waals surface area contributed by atoms with Crippen molar-refractivity contribution in [3.63, 3.8) is 0 Å². The molecule has 5 N–H and O–H groups in total. The summed E-state index contributed by atoms with van der Waals surface area (Å²) < 4.78 is 16.0. The van der Waals surface area contributed by atoms with Gasteiger partial charge in [0, 0.05) is 12.3 Å². The fraction of sp³-hybridized carbons (Fsp3) is 0.268. The zero-order chi connectivity index (χ0) is 39.0. The Morgan fingerprint density at radius 3 is 1.80 bits per heavy atom. The van der Waals surface area contributed by atoms with Crippen molar-refractivity contribution in [1.29, 1.82) is 0 Å². The van der Waals surface area contributed by atoms with Gasteiger partial charge in [0.15, 0.2) is 6.10 Å². The summed E-state index contributed by atoms with van der Waals surface area (Å²) in [5.41, 5.74) is 5.85. The van der Waals surface area contributed by atoms with E-state index < -0.39 is 67.5 Å². The highest BCUT2D eigenvalue weighted by Gasteiger charge is 2.29. The summed E-state index contributed by atoms with van der Waals surface area (Å²) in [5.74, 6) is -3.30. The first-order valence-corrected chi connectivity index (χ1v) is 17.7. The Bertz CT molecular complexity index is 1910. The SMILES string of the molecule is C[C@H](OCNC(=O)CNC(=O)[C@H](Cc1ccccc1)NC(=O)CNC(=O)CNC(=O)OCC1c2ccccc2-c2ccccc21)C(=O)OCc1ccccc1.